The summed E-state index contributed by atoms with van der Waals surface area (Å²) >= 11 is 5.84. The van der Waals surface area contributed by atoms with Crippen molar-refractivity contribution in [1.82, 2.24) is 10.2 Å². The number of nitrogens with one attached hydrogen (secondary N) is 2. The Labute approximate surface area is 163 Å². The van der Waals surface area contributed by atoms with E-state index in [0.717, 1.165) is 5.56 Å². The minimum absolute atomic E-state index is 0.0902. The van der Waals surface area contributed by atoms with Crippen LogP contribution in [0.3, 0.4) is 0 Å². The predicted octanol–water partition coefficient (Wildman–Crippen LogP) is 3.44. The van der Waals surface area contributed by atoms with E-state index in [1.165, 1.54) is 12.1 Å². The van der Waals surface area contributed by atoms with Gasteiger partial charge in [-0.2, -0.15) is 0 Å². The number of nitrogens with zero attached hydrogens (tertiary/aromatic N) is 1. The Kier molecular flexibility index (Phi) is 7.76. The predicted molar refractivity (Wildman–Crippen MR) is 105 cm³/mol. The highest BCUT2D eigenvalue weighted by molar-refractivity contribution is 6.30. The monoisotopic (exact) mass is 391 g/mol. The van der Waals surface area contributed by atoms with Crippen molar-refractivity contribution in [2.75, 3.05) is 18.4 Å². The Morgan fingerprint density at radius 2 is 1.74 bits per heavy atom. The van der Waals surface area contributed by atoms with Gasteiger partial charge in [0.2, 0.25) is 11.8 Å². The number of anilines is 1. The first-order valence-electron chi connectivity index (χ1n) is 8.70. The molecular formula is C20H23ClFN3O2. The van der Waals surface area contributed by atoms with Gasteiger partial charge in [0, 0.05) is 17.3 Å². The molecule has 2 aromatic carbocycles. The van der Waals surface area contributed by atoms with Crippen LogP contribution in [-0.2, 0) is 16.1 Å². The number of hydrogen-bond acceptors (Lipinski definition) is 3. The molecule has 1 unspecified atom stereocenters. The van der Waals surface area contributed by atoms with E-state index < -0.39 is 6.04 Å². The first-order chi connectivity index (χ1) is 12.9. The number of hydrogen-bond donors (Lipinski definition) is 2. The lowest BCUT2D eigenvalue weighted by Gasteiger charge is -2.26. The quantitative estimate of drug-likeness (QED) is 0.724. The highest BCUT2D eigenvalue weighted by Gasteiger charge is 2.22. The standard InChI is InChI=1S/C20H23ClFN3O2/c1-3-25(13-19(26)23-12-15-4-8-17(22)9-5-15)14(2)20(27)24-18-10-6-16(21)7-11-18/h4-11,14H,3,12-13H2,1-2H3,(H,23,26)(H,24,27). The minimum Gasteiger partial charge on any atom is -0.351 e. The molecule has 144 valence electrons. The summed E-state index contributed by atoms with van der Waals surface area (Å²) in [5, 5.41) is 6.19. The molecule has 0 heterocycles. The number of benzene rings is 2. The molecule has 0 fully saturated rings. The molecule has 5 nitrogen and oxygen atoms in total. The fourth-order valence-electron chi connectivity index (χ4n) is 2.51. The van der Waals surface area contributed by atoms with Crippen LogP contribution in [0.1, 0.15) is 19.4 Å². The van der Waals surface area contributed by atoms with E-state index in [4.69, 9.17) is 11.6 Å². The van der Waals surface area contributed by atoms with Crippen molar-refractivity contribution in [3.63, 3.8) is 0 Å². The van der Waals surface area contributed by atoms with E-state index in [1.54, 1.807) is 48.2 Å². The van der Waals surface area contributed by atoms with Gasteiger partial charge in [-0.15, -0.1) is 0 Å². The highest BCUT2D eigenvalue weighted by Crippen LogP contribution is 2.14. The van der Waals surface area contributed by atoms with Crippen molar-refractivity contribution in [2.45, 2.75) is 26.4 Å². The van der Waals surface area contributed by atoms with Gasteiger partial charge in [-0.3, -0.25) is 14.5 Å². The third kappa shape index (κ3) is 6.66. The van der Waals surface area contributed by atoms with E-state index in [9.17, 15) is 14.0 Å². The van der Waals surface area contributed by atoms with E-state index in [2.05, 4.69) is 10.6 Å². The van der Waals surface area contributed by atoms with E-state index >= 15 is 0 Å². The summed E-state index contributed by atoms with van der Waals surface area (Å²) in [5.74, 6) is -0.722. The third-order valence-corrected chi connectivity index (χ3v) is 4.45. The van der Waals surface area contributed by atoms with Gasteiger partial charge in [0.25, 0.3) is 0 Å². The Balaban J connectivity index is 1.86. The molecule has 0 saturated heterocycles. The van der Waals surface area contributed by atoms with Crippen LogP contribution in [0.25, 0.3) is 0 Å². The van der Waals surface area contributed by atoms with Crippen molar-refractivity contribution in [1.29, 1.82) is 0 Å². The van der Waals surface area contributed by atoms with Crippen LogP contribution in [-0.4, -0.2) is 35.8 Å². The average Bonchev–Trinajstić information content (AvgIpc) is 2.66. The van der Waals surface area contributed by atoms with Crippen molar-refractivity contribution in [3.05, 3.63) is 64.9 Å². The van der Waals surface area contributed by atoms with Crippen LogP contribution in [0.2, 0.25) is 5.02 Å². The van der Waals surface area contributed by atoms with Crippen LogP contribution in [0.4, 0.5) is 10.1 Å². The molecule has 0 aliphatic rings. The molecule has 0 bridgehead atoms. The fourth-order valence-corrected chi connectivity index (χ4v) is 2.64. The van der Waals surface area contributed by atoms with Crippen molar-refractivity contribution < 1.29 is 14.0 Å². The van der Waals surface area contributed by atoms with E-state index in [0.29, 0.717) is 23.8 Å². The van der Waals surface area contributed by atoms with Gasteiger partial charge in [0.1, 0.15) is 5.82 Å². The van der Waals surface area contributed by atoms with E-state index in [1.807, 2.05) is 6.92 Å². The zero-order valence-corrected chi connectivity index (χ0v) is 16.1. The van der Waals surface area contributed by atoms with Crippen LogP contribution in [0.15, 0.2) is 48.5 Å². The lowest BCUT2D eigenvalue weighted by Crippen LogP contribution is -2.46. The number of carbonyl (C=O) groups is 2. The van der Waals surface area contributed by atoms with Gasteiger partial charge in [0.05, 0.1) is 12.6 Å². The van der Waals surface area contributed by atoms with E-state index in [-0.39, 0.29) is 24.2 Å². The van der Waals surface area contributed by atoms with Crippen molar-refractivity contribution in [3.8, 4) is 0 Å². The lowest BCUT2D eigenvalue weighted by molar-refractivity contribution is -0.125. The van der Waals surface area contributed by atoms with Crippen LogP contribution >= 0.6 is 11.6 Å². The first-order valence-corrected chi connectivity index (χ1v) is 9.08. The molecular weight excluding hydrogens is 369 g/mol. The maximum absolute atomic E-state index is 12.9. The molecule has 0 aliphatic carbocycles. The zero-order chi connectivity index (χ0) is 19.8. The van der Waals surface area contributed by atoms with Gasteiger partial charge in [-0.1, -0.05) is 30.7 Å². The van der Waals surface area contributed by atoms with Gasteiger partial charge in [-0.25, -0.2) is 4.39 Å². The maximum atomic E-state index is 12.9. The maximum Gasteiger partial charge on any atom is 0.241 e. The molecule has 2 aromatic rings. The number of rotatable bonds is 8. The second-order valence-corrected chi connectivity index (χ2v) is 6.57. The van der Waals surface area contributed by atoms with Crippen LogP contribution in [0.5, 0.6) is 0 Å². The molecule has 7 heteroatoms. The van der Waals surface area contributed by atoms with Crippen LogP contribution in [0, 0.1) is 5.82 Å². The molecule has 0 aromatic heterocycles. The second-order valence-electron chi connectivity index (χ2n) is 6.14. The molecule has 0 spiro atoms. The average molecular weight is 392 g/mol. The van der Waals surface area contributed by atoms with Gasteiger partial charge >= 0.3 is 0 Å². The number of amides is 2. The number of halogens is 2. The molecule has 0 radical (unpaired) electrons. The normalized spacial score (nSPS) is 11.9. The van der Waals surface area contributed by atoms with Gasteiger partial charge < -0.3 is 10.6 Å². The Bertz CT molecular complexity index is 766. The largest absolute Gasteiger partial charge is 0.351 e. The Morgan fingerprint density at radius 1 is 1.11 bits per heavy atom. The van der Waals surface area contributed by atoms with Gasteiger partial charge in [-0.05, 0) is 55.4 Å². The third-order valence-electron chi connectivity index (χ3n) is 4.19. The first kappa shape index (κ1) is 20.9. The summed E-state index contributed by atoms with van der Waals surface area (Å²) in [7, 11) is 0. The Hall–Kier alpha value is -2.44. The topological polar surface area (TPSA) is 61.4 Å². The summed E-state index contributed by atoms with van der Waals surface area (Å²) in [5.41, 5.74) is 1.45. The summed E-state index contributed by atoms with van der Waals surface area (Å²) in [4.78, 5) is 26.4. The van der Waals surface area contributed by atoms with Crippen LogP contribution < -0.4 is 10.6 Å². The molecule has 0 saturated carbocycles. The molecule has 0 aliphatic heterocycles. The number of carbonyl (C=O) groups excluding carboxylic acids is 2. The van der Waals surface area contributed by atoms with Crippen molar-refractivity contribution in [2.24, 2.45) is 0 Å². The molecule has 1 atom stereocenters. The van der Waals surface area contributed by atoms with Crippen molar-refractivity contribution >= 4 is 29.1 Å². The summed E-state index contributed by atoms with van der Waals surface area (Å²) in [6.45, 7) is 4.58. The molecule has 2 amide bonds. The zero-order valence-electron chi connectivity index (χ0n) is 15.3. The molecule has 2 rings (SSSR count). The Morgan fingerprint density at radius 3 is 2.33 bits per heavy atom. The number of likely N-dealkylation sites (N-methyl/N-ethyl adjacent to an activating group) is 1. The summed E-state index contributed by atoms with van der Waals surface area (Å²) < 4.78 is 12.9. The van der Waals surface area contributed by atoms with Gasteiger partial charge in [0.15, 0.2) is 0 Å². The fraction of sp³-hybridized carbons (Fsp3) is 0.300. The SMILES string of the molecule is CCN(CC(=O)NCc1ccc(F)cc1)C(C)C(=O)Nc1ccc(Cl)cc1. The molecule has 2 N–H and O–H groups in total. The molecule has 27 heavy (non-hydrogen) atoms. The lowest BCUT2D eigenvalue weighted by atomic mass is 10.2. The minimum atomic E-state index is -0.484. The smallest absolute Gasteiger partial charge is 0.241 e. The second kappa shape index (κ2) is 10.0. The summed E-state index contributed by atoms with van der Waals surface area (Å²) in [6.07, 6.45) is 0. The highest BCUT2D eigenvalue weighted by atomic mass is 35.5. The summed E-state index contributed by atoms with van der Waals surface area (Å²) in [6, 6.07) is 12.3.